The lowest BCUT2D eigenvalue weighted by Crippen LogP contribution is -2.41. The molecule has 0 bridgehead atoms. The number of carboxylic acids is 1. The lowest BCUT2D eigenvalue weighted by atomic mass is 10.1. The number of aliphatic carboxylic acids is 1. The number of likely N-dealkylation sites (N-methyl/N-ethyl adjacent to an activating group) is 1. The maximum absolute atomic E-state index is 10.5. The molecular weight excluding hydrogens is 240 g/mol. The molecule has 0 aliphatic carbocycles. The smallest absolute Gasteiger partial charge is 0.319 e. The van der Waals surface area contributed by atoms with Gasteiger partial charge >= 0.3 is 5.97 Å². The summed E-state index contributed by atoms with van der Waals surface area (Å²) in [7, 11) is 0. The zero-order chi connectivity index (χ0) is 12.2. The summed E-state index contributed by atoms with van der Waals surface area (Å²) in [5.74, 6) is -0.780. The number of hydrazine groups is 1. The minimum atomic E-state index is -0.780. The highest BCUT2D eigenvalue weighted by atomic mass is 35.5. The van der Waals surface area contributed by atoms with Crippen LogP contribution in [0.4, 0.5) is 0 Å². The van der Waals surface area contributed by atoms with E-state index in [4.69, 9.17) is 5.11 Å². The first kappa shape index (κ1) is 19.0. The predicted octanol–water partition coefficient (Wildman–Crippen LogP) is 2.68. The molecule has 0 aromatic carbocycles. The molecule has 0 aromatic heterocycles. The molecule has 0 saturated heterocycles. The predicted molar refractivity (Wildman–Crippen MR) is 73.5 cm³/mol. The van der Waals surface area contributed by atoms with Gasteiger partial charge in [0.15, 0.2) is 0 Å². The van der Waals surface area contributed by atoms with Gasteiger partial charge in [0.2, 0.25) is 0 Å². The molecule has 0 rings (SSSR count). The van der Waals surface area contributed by atoms with Crippen LogP contribution in [0.25, 0.3) is 0 Å². The van der Waals surface area contributed by atoms with Gasteiger partial charge in [-0.05, 0) is 6.42 Å². The maximum Gasteiger partial charge on any atom is 0.319 e. The highest BCUT2D eigenvalue weighted by molar-refractivity contribution is 5.85. The molecule has 0 saturated carbocycles. The molecule has 0 amide bonds. The van der Waals surface area contributed by atoms with E-state index in [-0.39, 0.29) is 19.0 Å². The Morgan fingerprint density at radius 3 is 2.24 bits per heavy atom. The van der Waals surface area contributed by atoms with Gasteiger partial charge in [0.05, 0.1) is 0 Å². The lowest BCUT2D eigenvalue weighted by molar-refractivity contribution is -0.139. The number of hydrogen-bond donors (Lipinski definition) is 2. The van der Waals surface area contributed by atoms with E-state index in [2.05, 4.69) is 12.3 Å². The van der Waals surface area contributed by atoms with Crippen LogP contribution in [0.2, 0.25) is 0 Å². The van der Waals surface area contributed by atoms with Crippen molar-refractivity contribution in [1.29, 1.82) is 0 Å². The summed E-state index contributed by atoms with van der Waals surface area (Å²) in [5, 5.41) is 10.4. The third kappa shape index (κ3) is 13.6. The van der Waals surface area contributed by atoms with Crippen LogP contribution in [0.15, 0.2) is 0 Å². The Morgan fingerprint density at radius 2 is 1.71 bits per heavy atom. The van der Waals surface area contributed by atoms with Crippen molar-refractivity contribution < 1.29 is 9.90 Å². The molecule has 104 valence electrons. The highest BCUT2D eigenvalue weighted by Crippen LogP contribution is 2.04. The largest absolute Gasteiger partial charge is 0.480 e. The van der Waals surface area contributed by atoms with Crippen LogP contribution in [0.5, 0.6) is 0 Å². The van der Waals surface area contributed by atoms with Crippen LogP contribution in [0.1, 0.15) is 52.4 Å². The fraction of sp³-hybridized carbons (Fsp3) is 0.917. The van der Waals surface area contributed by atoms with Crippen molar-refractivity contribution in [2.45, 2.75) is 52.4 Å². The summed E-state index contributed by atoms with van der Waals surface area (Å²) in [6, 6.07) is 0. The molecule has 4 nitrogen and oxygen atoms in total. The fourth-order valence-electron chi connectivity index (χ4n) is 1.59. The molecule has 0 atom stereocenters. The first-order chi connectivity index (χ1) is 7.70. The van der Waals surface area contributed by atoms with E-state index in [9.17, 15) is 4.79 Å². The van der Waals surface area contributed by atoms with Gasteiger partial charge in [-0.25, -0.2) is 5.01 Å². The van der Waals surface area contributed by atoms with Crippen LogP contribution < -0.4 is 5.43 Å². The zero-order valence-corrected chi connectivity index (χ0v) is 11.9. The van der Waals surface area contributed by atoms with Gasteiger partial charge < -0.3 is 5.11 Å². The average Bonchev–Trinajstić information content (AvgIpc) is 2.25. The molecule has 0 unspecified atom stereocenters. The Bertz CT molecular complexity index is 180. The lowest BCUT2D eigenvalue weighted by Gasteiger charge is -2.19. The number of carbonyl (C=O) groups is 1. The molecule has 0 fully saturated rings. The van der Waals surface area contributed by atoms with Crippen LogP contribution in [0, 0.1) is 0 Å². The van der Waals surface area contributed by atoms with Crippen molar-refractivity contribution in [1.82, 2.24) is 10.4 Å². The van der Waals surface area contributed by atoms with Crippen molar-refractivity contribution >= 4 is 18.4 Å². The molecule has 2 N–H and O–H groups in total. The van der Waals surface area contributed by atoms with Gasteiger partial charge in [-0.15, -0.1) is 12.4 Å². The average molecular weight is 267 g/mol. The molecule has 0 spiro atoms. The van der Waals surface area contributed by atoms with Crippen molar-refractivity contribution in [3.05, 3.63) is 0 Å². The van der Waals surface area contributed by atoms with Crippen molar-refractivity contribution in [3.8, 4) is 0 Å². The minimum absolute atomic E-state index is 0. The Balaban J connectivity index is 0. The Labute approximate surface area is 111 Å². The third-order valence-corrected chi connectivity index (χ3v) is 2.57. The van der Waals surface area contributed by atoms with Gasteiger partial charge in [0.1, 0.15) is 6.54 Å². The minimum Gasteiger partial charge on any atom is -0.480 e. The number of unbranched alkanes of at least 4 members (excludes halogenated alkanes) is 5. The Hall–Kier alpha value is -0.320. The van der Waals surface area contributed by atoms with Gasteiger partial charge in [-0.2, -0.15) is 0 Å². The third-order valence-electron chi connectivity index (χ3n) is 2.57. The molecule has 0 radical (unpaired) electrons. The topological polar surface area (TPSA) is 52.6 Å². The quantitative estimate of drug-likeness (QED) is 0.446. The van der Waals surface area contributed by atoms with Crippen LogP contribution in [-0.4, -0.2) is 35.7 Å². The van der Waals surface area contributed by atoms with E-state index in [1.165, 1.54) is 32.1 Å². The van der Waals surface area contributed by atoms with Gasteiger partial charge in [0.25, 0.3) is 0 Å². The molecule has 5 heteroatoms. The van der Waals surface area contributed by atoms with Crippen molar-refractivity contribution in [3.63, 3.8) is 0 Å². The van der Waals surface area contributed by atoms with E-state index >= 15 is 0 Å². The molecular formula is C12H27ClN2O2. The number of nitrogens with zero attached hydrogens (tertiary/aromatic N) is 1. The zero-order valence-electron chi connectivity index (χ0n) is 11.1. The summed E-state index contributed by atoms with van der Waals surface area (Å²) >= 11 is 0. The van der Waals surface area contributed by atoms with E-state index in [0.29, 0.717) is 0 Å². The fourth-order valence-corrected chi connectivity index (χ4v) is 1.59. The molecule has 0 heterocycles. The highest BCUT2D eigenvalue weighted by Gasteiger charge is 2.05. The summed E-state index contributed by atoms with van der Waals surface area (Å²) < 4.78 is 0. The van der Waals surface area contributed by atoms with Crippen LogP contribution in [-0.2, 0) is 4.79 Å². The monoisotopic (exact) mass is 266 g/mol. The molecule has 17 heavy (non-hydrogen) atoms. The summed E-state index contributed by atoms with van der Waals surface area (Å²) in [4.78, 5) is 10.5. The van der Waals surface area contributed by atoms with E-state index in [0.717, 1.165) is 19.5 Å². The first-order valence-corrected chi connectivity index (χ1v) is 6.41. The van der Waals surface area contributed by atoms with Gasteiger partial charge in [-0.1, -0.05) is 46.0 Å². The van der Waals surface area contributed by atoms with Gasteiger partial charge in [0, 0.05) is 13.1 Å². The Kier molecular flexibility index (Phi) is 15.4. The first-order valence-electron chi connectivity index (χ1n) is 6.41. The second kappa shape index (κ2) is 13.7. The molecule has 0 aliphatic heterocycles. The Morgan fingerprint density at radius 1 is 1.12 bits per heavy atom. The van der Waals surface area contributed by atoms with Crippen LogP contribution >= 0.6 is 12.4 Å². The second-order valence-electron chi connectivity index (χ2n) is 4.08. The number of rotatable bonds is 11. The maximum atomic E-state index is 10.5. The summed E-state index contributed by atoms with van der Waals surface area (Å²) in [6.45, 7) is 5.85. The molecule has 0 aliphatic rings. The van der Waals surface area contributed by atoms with E-state index in [1.807, 2.05) is 6.92 Å². The second-order valence-corrected chi connectivity index (χ2v) is 4.08. The number of halogens is 1. The number of nitrogens with one attached hydrogen (secondary N) is 1. The normalized spacial score (nSPS) is 10.3. The van der Waals surface area contributed by atoms with Crippen LogP contribution in [0.3, 0.4) is 0 Å². The van der Waals surface area contributed by atoms with Crippen molar-refractivity contribution in [2.75, 3.05) is 19.6 Å². The summed E-state index contributed by atoms with van der Waals surface area (Å²) in [5.41, 5.74) is 3.14. The van der Waals surface area contributed by atoms with Crippen molar-refractivity contribution in [2.24, 2.45) is 0 Å². The SMILES string of the molecule is CCCCCCCCNN(CC)CC(=O)O.Cl. The van der Waals surface area contributed by atoms with Gasteiger partial charge in [-0.3, -0.25) is 10.2 Å². The number of hydrogen-bond acceptors (Lipinski definition) is 3. The summed E-state index contributed by atoms with van der Waals surface area (Å²) in [6.07, 6.45) is 7.58. The molecule has 0 aromatic rings. The standard InChI is InChI=1S/C12H26N2O2.ClH/c1-3-5-6-7-8-9-10-13-14(4-2)11-12(15)16;/h13H,3-11H2,1-2H3,(H,15,16);1H. The van der Waals surface area contributed by atoms with E-state index in [1.54, 1.807) is 5.01 Å². The number of carboxylic acid groups (broad SMARTS) is 1. The van der Waals surface area contributed by atoms with E-state index < -0.39 is 5.97 Å².